The lowest BCUT2D eigenvalue weighted by Crippen LogP contribution is -2.36. The molecular formula is C11H19NO4S. The second-order valence-corrected chi connectivity index (χ2v) is 6.52. The third-order valence-electron chi connectivity index (χ3n) is 2.21. The van der Waals surface area contributed by atoms with E-state index in [1.165, 1.54) is 11.8 Å². The number of carbonyl (C=O) groups excluding carboxylic acids is 2. The Labute approximate surface area is 105 Å². The van der Waals surface area contributed by atoms with Crippen LogP contribution in [0, 0.1) is 0 Å². The summed E-state index contributed by atoms with van der Waals surface area (Å²) in [7, 11) is 0. The van der Waals surface area contributed by atoms with Gasteiger partial charge in [0.1, 0.15) is 5.60 Å². The van der Waals surface area contributed by atoms with Crippen molar-refractivity contribution in [3.63, 3.8) is 0 Å². The van der Waals surface area contributed by atoms with Gasteiger partial charge in [-0.2, -0.15) is 0 Å². The molecule has 5 nitrogen and oxygen atoms in total. The Bertz CT molecular complexity index is 313. The molecule has 1 saturated heterocycles. The SMILES string of the molecule is CC(=O)S[C@@H]1CN(C(=O)OC(C)(C)C)C[C@H]1O. The van der Waals surface area contributed by atoms with E-state index in [-0.39, 0.29) is 16.9 Å². The molecule has 0 spiro atoms. The van der Waals surface area contributed by atoms with E-state index in [2.05, 4.69) is 0 Å². The average Bonchev–Trinajstić information content (AvgIpc) is 2.44. The van der Waals surface area contributed by atoms with E-state index < -0.39 is 17.8 Å². The first-order valence-electron chi connectivity index (χ1n) is 5.52. The molecular weight excluding hydrogens is 242 g/mol. The lowest BCUT2D eigenvalue weighted by atomic mass is 10.2. The average molecular weight is 261 g/mol. The van der Waals surface area contributed by atoms with E-state index in [4.69, 9.17) is 4.74 Å². The van der Waals surface area contributed by atoms with E-state index in [1.807, 2.05) is 0 Å². The van der Waals surface area contributed by atoms with Crippen LogP contribution >= 0.6 is 11.8 Å². The molecule has 1 heterocycles. The predicted molar refractivity (Wildman–Crippen MR) is 65.9 cm³/mol. The van der Waals surface area contributed by atoms with Crippen molar-refractivity contribution >= 4 is 23.0 Å². The number of likely N-dealkylation sites (tertiary alicyclic amines) is 1. The van der Waals surface area contributed by atoms with Crippen LogP contribution in [-0.4, -0.2) is 51.3 Å². The van der Waals surface area contributed by atoms with Crippen LogP contribution < -0.4 is 0 Å². The third-order valence-corrected chi connectivity index (χ3v) is 3.30. The highest BCUT2D eigenvalue weighted by Gasteiger charge is 2.37. The number of carbonyl (C=O) groups is 2. The second-order valence-electron chi connectivity index (χ2n) is 5.10. The number of aliphatic hydroxyl groups excluding tert-OH is 1. The van der Waals surface area contributed by atoms with Crippen molar-refractivity contribution in [3.05, 3.63) is 0 Å². The van der Waals surface area contributed by atoms with Crippen molar-refractivity contribution in [1.82, 2.24) is 4.90 Å². The Hall–Kier alpha value is -0.750. The molecule has 0 aromatic rings. The molecule has 0 aromatic heterocycles. The topological polar surface area (TPSA) is 66.8 Å². The van der Waals surface area contributed by atoms with E-state index >= 15 is 0 Å². The van der Waals surface area contributed by atoms with Crippen molar-refractivity contribution < 1.29 is 19.4 Å². The zero-order chi connectivity index (χ0) is 13.2. The van der Waals surface area contributed by atoms with Crippen molar-refractivity contribution in [2.45, 2.75) is 44.6 Å². The quantitative estimate of drug-likeness (QED) is 0.769. The van der Waals surface area contributed by atoms with Crippen LogP contribution in [0.25, 0.3) is 0 Å². The summed E-state index contributed by atoms with van der Waals surface area (Å²) in [6, 6.07) is 0. The molecule has 98 valence electrons. The van der Waals surface area contributed by atoms with Gasteiger partial charge in [0.05, 0.1) is 17.9 Å². The molecule has 1 amide bonds. The molecule has 17 heavy (non-hydrogen) atoms. The highest BCUT2D eigenvalue weighted by Crippen LogP contribution is 2.25. The van der Waals surface area contributed by atoms with Crippen LogP contribution in [0.5, 0.6) is 0 Å². The van der Waals surface area contributed by atoms with Crippen molar-refractivity contribution in [1.29, 1.82) is 0 Å². The Morgan fingerprint density at radius 1 is 1.35 bits per heavy atom. The van der Waals surface area contributed by atoms with Gasteiger partial charge in [-0.15, -0.1) is 0 Å². The van der Waals surface area contributed by atoms with Gasteiger partial charge in [0.15, 0.2) is 5.12 Å². The van der Waals surface area contributed by atoms with Crippen LogP contribution in [-0.2, 0) is 9.53 Å². The fourth-order valence-electron chi connectivity index (χ4n) is 1.56. The Kier molecular flexibility index (Phi) is 4.43. The maximum Gasteiger partial charge on any atom is 0.410 e. The smallest absolute Gasteiger partial charge is 0.410 e. The largest absolute Gasteiger partial charge is 0.444 e. The minimum atomic E-state index is -0.670. The number of hydrogen-bond acceptors (Lipinski definition) is 5. The molecule has 1 aliphatic rings. The predicted octanol–water partition coefficient (Wildman–Crippen LogP) is 1.25. The van der Waals surface area contributed by atoms with Gasteiger partial charge in [-0.1, -0.05) is 11.8 Å². The lowest BCUT2D eigenvalue weighted by Gasteiger charge is -2.24. The maximum atomic E-state index is 11.7. The number of thioether (sulfide) groups is 1. The van der Waals surface area contributed by atoms with Gasteiger partial charge >= 0.3 is 6.09 Å². The second kappa shape index (κ2) is 5.27. The molecule has 0 unspecified atom stereocenters. The van der Waals surface area contributed by atoms with E-state index in [9.17, 15) is 14.7 Å². The minimum absolute atomic E-state index is 0.0555. The van der Waals surface area contributed by atoms with E-state index in [1.54, 1.807) is 20.8 Å². The Balaban J connectivity index is 2.53. The van der Waals surface area contributed by atoms with Crippen LogP contribution in [0.1, 0.15) is 27.7 Å². The summed E-state index contributed by atoms with van der Waals surface area (Å²) in [6.45, 7) is 7.39. The summed E-state index contributed by atoms with van der Waals surface area (Å²) in [4.78, 5) is 24.1. The number of rotatable bonds is 1. The van der Waals surface area contributed by atoms with Crippen molar-refractivity contribution in [2.75, 3.05) is 13.1 Å². The number of nitrogens with zero attached hydrogens (tertiary/aromatic N) is 1. The van der Waals surface area contributed by atoms with E-state index in [0.29, 0.717) is 6.54 Å². The summed E-state index contributed by atoms with van der Waals surface area (Å²) in [6.07, 6.45) is -1.11. The molecule has 1 N–H and O–H groups in total. The molecule has 0 bridgehead atoms. The third kappa shape index (κ3) is 4.55. The molecule has 1 aliphatic heterocycles. The Morgan fingerprint density at radius 3 is 2.41 bits per heavy atom. The highest BCUT2D eigenvalue weighted by molar-refractivity contribution is 8.14. The van der Waals surface area contributed by atoms with E-state index in [0.717, 1.165) is 11.8 Å². The first-order valence-corrected chi connectivity index (χ1v) is 6.40. The summed E-state index contributed by atoms with van der Waals surface area (Å²) >= 11 is 1.07. The van der Waals surface area contributed by atoms with Crippen LogP contribution in [0.4, 0.5) is 4.79 Å². The fraction of sp³-hybridized carbons (Fsp3) is 0.818. The zero-order valence-corrected chi connectivity index (χ0v) is 11.4. The standard InChI is InChI=1S/C11H19NO4S/c1-7(13)17-9-6-12(5-8(9)14)10(15)16-11(2,3)4/h8-9,14H,5-6H2,1-4H3/t8-,9-/m1/s1. The molecule has 1 rings (SSSR count). The number of aliphatic hydroxyl groups is 1. The molecule has 6 heteroatoms. The van der Waals surface area contributed by atoms with Crippen LogP contribution in [0.15, 0.2) is 0 Å². The normalized spacial score (nSPS) is 24.9. The molecule has 1 fully saturated rings. The van der Waals surface area contributed by atoms with Crippen LogP contribution in [0.3, 0.4) is 0 Å². The maximum absolute atomic E-state index is 11.7. The zero-order valence-electron chi connectivity index (χ0n) is 10.6. The molecule has 2 atom stereocenters. The molecule has 0 saturated carbocycles. The van der Waals surface area contributed by atoms with Crippen molar-refractivity contribution in [3.8, 4) is 0 Å². The molecule has 0 radical (unpaired) electrons. The summed E-state index contributed by atoms with van der Waals surface area (Å²) in [5, 5.41) is 9.43. The first-order chi connectivity index (χ1) is 7.69. The molecule has 0 aromatic carbocycles. The number of hydrogen-bond donors (Lipinski definition) is 1. The monoisotopic (exact) mass is 261 g/mol. The van der Waals surface area contributed by atoms with Gasteiger partial charge < -0.3 is 14.7 Å². The van der Waals surface area contributed by atoms with Crippen LogP contribution in [0.2, 0.25) is 0 Å². The Morgan fingerprint density at radius 2 is 1.94 bits per heavy atom. The fourth-order valence-corrected chi connectivity index (χ4v) is 2.49. The minimum Gasteiger partial charge on any atom is -0.444 e. The molecule has 0 aliphatic carbocycles. The van der Waals surface area contributed by atoms with Crippen molar-refractivity contribution in [2.24, 2.45) is 0 Å². The van der Waals surface area contributed by atoms with Gasteiger partial charge in [-0.05, 0) is 20.8 Å². The van der Waals surface area contributed by atoms with Gasteiger partial charge in [0.2, 0.25) is 0 Å². The highest BCUT2D eigenvalue weighted by atomic mass is 32.2. The lowest BCUT2D eigenvalue weighted by molar-refractivity contribution is -0.109. The number of amides is 1. The number of ether oxygens (including phenoxy) is 1. The van der Waals surface area contributed by atoms with Gasteiger partial charge in [0.25, 0.3) is 0 Å². The summed E-state index contributed by atoms with van der Waals surface area (Å²) < 4.78 is 5.20. The number of β-amino-alcohol motifs (C(OH)–C–C–N with tert-alkyl or cyclic N) is 1. The van der Waals surface area contributed by atoms with Gasteiger partial charge in [-0.3, -0.25) is 4.79 Å². The first kappa shape index (κ1) is 14.3. The van der Waals surface area contributed by atoms with Gasteiger partial charge in [-0.25, -0.2) is 4.79 Å². The summed E-state index contributed by atoms with van der Waals surface area (Å²) in [5.41, 5.74) is -0.548. The summed E-state index contributed by atoms with van der Waals surface area (Å²) in [5.74, 6) is 0. The van der Waals surface area contributed by atoms with Gasteiger partial charge in [0, 0.05) is 13.5 Å².